The van der Waals surface area contributed by atoms with Gasteiger partial charge in [-0.3, -0.25) is 4.68 Å². The van der Waals surface area contributed by atoms with Crippen molar-refractivity contribution in [3.8, 4) is 0 Å². The van der Waals surface area contributed by atoms with Gasteiger partial charge in [0.1, 0.15) is 0 Å². The molecule has 2 heterocycles. The van der Waals surface area contributed by atoms with Gasteiger partial charge in [0.25, 0.3) is 0 Å². The molecular formula is C15H22N4. The van der Waals surface area contributed by atoms with Crippen molar-refractivity contribution in [1.29, 1.82) is 0 Å². The number of nitrogens with zero attached hydrogens (tertiary/aromatic N) is 3. The molecule has 2 aromatic heterocycles. The van der Waals surface area contributed by atoms with E-state index in [1.54, 1.807) is 0 Å². The third-order valence-electron chi connectivity index (χ3n) is 4.14. The van der Waals surface area contributed by atoms with E-state index in [1.807, 2.05) is 0 Å². The average Bonchev–Trinajstić information content (AvgIpc) is 3.02. The minimum absolute atomic E-state index is 0.457. The number of aryl methyl sites for hydroxylation is 2. The second-order valence-electron chi connectivity index (χ2n) is 5.30. The highest BCUT2D eigenvalue weighted by Gasteiger charge is 2.23. The summed E-state index contributed by atoms with van der Waals surface area (Å²) < 4.78 is 4.32. The van der Waals surface area contributed by atoms with Gasteiger partial charge in [-0.1, -0.05) is 0 Å². The molecule has 0 aromatic carbocycles. The van der Waals surface area contributed by atoms with Crippen molar-refractivity contribution in [2.24, 2.45) is 7.05 Å². The largest absolute Gasteiger partial charge is 0.353 e. The Morgan fingerprint density at radius 1 is 1.47 bits per heavy atom. The number of hydrogen-bond acceptors (Lipinski definition) is 2. The maximum Gasteiger partial charge on any atom is 0.0540 e. The second kappa shape index (κ2) is 5.21. The molecule has 1 atom stereocenters. The highest BCUT2D eigenvalue weighted by molar-refractivity contribution is 5.25. The predicted molar refractivity (Wildman–Crippen MR) is 75.8 cm³/mol. The van der Waals surface area contributed by atoms with E-state index < -0.39 is 0 Å². The number of aromatic nitrogens is 3. The van der Waals surface area contributed by atoms with E-state index in [0.717, 1.165) is 13.1 Å². The van der Waals surface area contributed by atoms with E-state index in [1.165, 1.54) is 36.2 Å². The monoisotopic (exact) mass is 258 g/mol. The van der Waals surface area contributed by atoms with Crippen molar-refractivity contribution in [2.45, 2.75) is 45.3 Å². The molecule has 1 aliphatic rings. The number of hydrogen-bond donors (Lipinski definition) is 1. The molecule has 0 saturated heterocycles. The van der Waals surface area contributed by atoms with Crippen molar-refractivity contribution in [1.82, 2.24) is 19.7 Å². The van der Waals surface area contributed by atoms with E-state index in [9.17, 15) is 0 Å². The molecule has 0 spiro atoms. The Balaban J connectivity index is 1.73. The summed E-state index contributed by atoms with van der Waals surface area (Å²) in [4.78, 5) is 0. The minimum atomic E-state index is 0.457. The predicted octanol–water partition coefficient (Wildman–Crippen LogP) is 2.41. The molecule has 1 aliphatic carbocycles. The maximum atomic E-state index is 4.50. The normalized spacial score (nSPS) is 18.5. The quantitative estimate of drug-likeness (QED) is 0.914. The smallest absolute Gasteiger partial charge is 0.0540 e. The maximum absolute atomic E-state index is 4.50. The Morgan fingerprint density at radius 3 is 3.11 bits per heavy atom. The van der Waals surface area contributed by atoms with Gasteiger partial charge >= 0.3 is 0 Å². The minimum Gasteiger partial charge on any atom is -0.353 e. The Bertz CT molecular complexity index is 552. The summed E-state index contributed by atoms with van der Waals surface area (Å²) in [6, 6.07) is 4.73. The van der Waals surface area contributed by atoms with Crippen LogP contribution < -0.4 is 5.32 Å². The summed E-state index contributed by atoms with van der Waals surface area (Å²) in [5.41, 5.74) is 4.16. The van der Waals surface area contributed by atoms with Crippen LogP contribution in [-0.4, -0.2) is 14.3 Å². The van der Waals surface area contributed by atoms with Gasteiger partial charge in [-0.25, -0.2) is 0 Å². The van der Waals surface area contributed by atoms with Gasteiger partial charge in [0.15, 0.2) is 0 Å². The first-order chi connectivity index (χ1) is 9.29. The molecule has 0 saturated carbocycles. The van der Waals surface area contributed by atoms with E-state index in [4.69, 9.17) is 0 Å². The van der Waals surface area contributed by atoms with Gasteiger partial charge in [-0.2, -0.15) is 5.10 Å². The summed E-state index contributed by atoms with van der Waals surface area (Å²) in [6.07, 6.45) is 7.79. The standard InChI is InChI=1S/C15H22N4/c1-3-19-15-8-4-7-14(13(15)11-17-19)16-10-12-6-5-9-18(12)2/h5-6,9,11,14,16H,3-4,7-8,10H2,1-2H3. The van der Waals surface area contributed by atoms with Crippen LogP contribution >= 0.6 is 0 Å². The third kappa shape index (κ3) is 2.32. The third-order valence-corrected chi connectivity index (χ3v) is 4.14. The fraction of sp³-hybridized carbons (Fsp3) is 0.533. The van der Waals surface area contributed by atoms with Crippen LogP contribution in [0.1, 0.15) is 42.8 Å². The Morgan fingerprint density at radius 2 is 2.37 bits per heavy atom. The SMILES string of the molecule is CCn1ncc2c1CCCC2NCc1cccn1C. The highest BCUT2D eigenvalue weighted by Crippen LogP contribution is 2.29. The van der Waals surface area contributed by atoms with Crippen molar-refractivity contribution in [3.05, 3.63) is 41.5 Å². The summed E-state index contributed by atoms with van der Waals surface area (Å²) >= 11 is 0. The Labute approximate surface area is 114 Å². The molecule has 4 nitrogen and oxygen atoms in total. The van der Waals surface area contributed by atoms with Crippen LogP contribution in [0, 0.1) is 0 Å². The van der Waals surface area contributed by atoms with Crippen LogP contribution in [0.3, 0.4) is 0 Å². The second-order valence-corrected chi connectivity index (χ2v) is 5.30. The zero-order valence-electron chi connectivity index (χ0n) is 11.8. The molecule has 19 heavy (non-hydrogen) atoms. The van der Waals surface area contributed by atoms with Crippen LogP contribution in [0.25, 0.3) is 0 Å². The van der Waals surface area contributed by atoms with Crippen molar-refractivity contribution in [2.75, 3.05) is 0 Å². The molecule has 3 rings (SSSR count). The molecule has 0 bridgehead atoms. The van der Waals surface area contributed by atoms with Crippen molar-refractivity contribution in [3.63, 3.8) is 0 Å². The summed E-state index contributed by atoms with van der Waals surface area (Å²) in [7, 11) is 2.10. The molecule has 1 unspecified atom stereocenters. The lowest BCUT2D eigenvalue weighted by Gasteiger charge is -2.24. The molecule has 2 aromatic rings. The zero-order chi connectivity index (χ0) is 13.2. The van der Waals surface area contributed by atoms with E-state index in [-0.39, 0.29) is 0 Å². The van der Waals surface area contributed by atoms with Crippen LogP contribution in [0.5, 0.6) is 0 Å². The summed E-state index contributed by atoms with van der Waals surface area (Å²) in [6.45, 7) is 4.05. The van der Waals surface area contributed by atoms with Crippen LogP contribution in [0.4, 0.5) is 0 Å². The number of rotatable bonds is 4. The molecule has 1 N–H and O–H groups in total. The van der Waals surface area contributed by atoms with E-state index in [2.05, 4.69) is 58.2 Å². The van der Waals surface area contributed by atoms with Gasteiger partial charge in [0, 0.05) is 49.3 Å². The van der Waals surface area contributed by atoms with E-state index >= 15 is 0 Å². The van der Waals surface area contributed by atoms with Gasteiger partial charge in [0.2, 0.25) is 0 Å². The van der Waals surface area contributed by atoms with E-state index in [0.29, 0.717) is 6.04 Å². The average molecular weight is 258 g/mol. The number of nitrogens with one attached hydrogen (secondary N) is 1. The molecule has 0 fully saturated rings. The van der Waals surface area contributed by atoms with Crippen LogP contribution in [-0.2, 0) is 26.6 Å². The Kier molecular flexibility index (Phi) is 3.42. The van der Waals surface area contributed by atoms with Gasteiger partial charge < -0.3 is 9.88 Å². The van der Waals surface area contributed by atoms with Gasteiger partial charge in [-0.05, 0) is 38.3 Å². The summed E-state index contributed by atoms with van der Waals surface area (Å²) in [5, 5.41) is 8.18. The number of fused-ring (bicyclic) bond motifs is 1. The van der Waals surface area contributed by atoms with Crippen molar-refractivity contribution >= 4 is 0 Å². The van der Waals surface area contributed by atoms with Crippen LogP contribution in [0.2, 0.25) is 0 Å². The summed E-state index contributed by atoms with van der Waals surface area (Å²) in [5.74, 6) is 0. The topological polar surface area (TPSA) is 34.8 Å². The molecule has 0 aliphatic heterocycles. The Hall–Kier alpha value is -1.55. The zero-order valence-corrected chi connectivity index (χ0v) is 11.8. The molecule has 0 amide bonds. The fourth-order valence-corrected chi connectivity index (χ4v) is 3.01. The lowest BCUT2D eigenvalue weighted by Crippen LogP contribution is -2.25. The fourth-order valence-electron chi connectivity index (χ4n) is 3.01. The lowest BCUT2D eigenvalue weighted by atomic mass is 9.93. The molecule has 4 heteroatoms. The lowest BCUT2D eigenvalue weighted by molar-refractivity contribution is 0.443. The van der Waals surface area contributed by atoms with Crippen LogP contribution in [0.15, 0.2) is 24.5 Å². The first-order valence-electron chi connectivity index (χ1n) is 7.17. The first-order valence-corrected chi connectivity index (χ1v) is 7.17. The van der Waals surface area contributed by atoms with Gasteiger partial charge in [-0.15, -0.1) is 0 Å². The molecule has 0 radical (unpaired) electrons. The molecular weight excluding hydrogens is 236 g/mol. The van der Waals surface area contributed by atoms with Crippen molar-refractivity contribution < 1.29 is 0 Å². The highest BCUT2D eigenvalue weighted by atomic mass is 15.3. The first kappa shape index (κ1) is 12.5. The molecule has 102 valence electrons. The van der Waals surface area contributed by atoms with Gasteiger partial charge in [0.05, 0.1) is 6.20 Å².